The number of hydrogen-bond acceptors (Lipinski definition) is 0. The molecule has 0 aromatic rings. The van der Waals surface area contributed by atoms with Crippen LogP contribution in [0.15, 0.2) is 0 Å². The normalized spacial score (nSPS) is 11.3. The van der Waals surface area contributed by atoms with Crippen molar-refractivity contribution in [3.05, 3.63) is 0 Å². The van der Waals surface area contributed by atoms with Gasteiger partial charge in [-0.15, -0.1) is 12.4 Å². The molecular formula is C16H35Cl. The lowest BCUT2D eigenvalue weighted by atomic mass is 9.75. The second kappa shape index (κ2) is 12.7. The fraction of sp³-hybridized carbons (Fsp3) is 1.00. The molecule has 0 rings (SSSR count). The van der Waals surface area contributed by atoms with Crippen molar-refractivity contribution in [2.45, 2.75) is 98.3 Å². The van der Waals surface area contributed by atoms with E-state index in [4.69, 9.17) is 0 Å². The summed E-state index contributed by atoms with van der Waals surface area (Å²) in [5, 5.41) is 0. The molecule has 1 heteroatoms. The Morgan fingerprint density at radius 3 is 1.41 bits per heavy atom. The van der Waals surface area contributed by atoms with E-state index in [2.05, 4.69) is 27.7 Å². The third-order valence-corrected chi connectivity index (χ3v) is 4.56. The van der Waals surface area contributed by atoms with Crippen LogP contribution in [-0.2, 0) is 0 Å². The summed E-state index contributed by atoms with van der Waals surface area (Å²) >= 11 is 0. The lowest BCUT2D eigenvalue weighted by Gasteiger charge is -2.30. The van der Waals surface area contributed by atoms with Crippen molar-refractivity contribution in [1.82, 2.24) is 0 Å². The fourth-order valence-electron chi connectivity index (χ4n) is 2.74. The molecule has 0 saturated carbocycles. The maximum atomic E-state index is 2.37. The summed E-state index contributed by atoms with van der Waals surface area (Å²) in [6.07, 6.45) is 15.7. The summed E-state index contributed by atoms with van der Waals surface area (Å²) in [6.45, 7) is 9.40. The van der Waals surface area contributed by atoms with Gasteiger partial charge in [0.25, 0.3) is 0 Å². The average molecular weight is 263 g/mol. The first-order valence-electron chi connectivity index (χ1n) is 7.74. The van der Waals surface area contributed by atoms with Crippen LogP contribution in [0.1, 0.15) is 98.3 Å². The molecule has 0 aliphatic carbocycles. The molecule has 0 atom stereocenters. The van der Waals surface area contributed by atoms with Crippen LogP contribution >= 0.6 is 12.4 Å². The van der Waals surface area contributed by atoms with Gasteiger partial charge in [0.1, 0.15) is 0 Å². The van der Waals surface area contributed by atoms with E-state index < -0.39 is 0 Å². The summed E-state index contributed by atoms with van der Waals surface area (Å²) in [6, 6.07) is 0. The Bertz CT molecular complexity index is 130. The predicted octanol–water partition coefficient (Wildman–Crippen LogP) is 6.77. The van der Waals surface area contributed by atoms with Crippen molar-refractivity contribution in [3.8, 4) is 0 Å². The van der Waals surface area contributed by atoms with Gasteiger partial charge in [-0.05, 0) is 11.8 Å². The van der Waals surface area contributed by atoms with Gasteiger partial charge in [-0.3, -0.25) is 0 Å². The monoisotopic (exact) mass is 262 g/mol. The summed E-state index contributed by atoms with van der Waals surface area (Å²) in [5.74, 6) is 0. The van der Waals surface area contributed by atoms with Crippen molar-refractivity contribution in [1.29, 1.82) is 0 Å². The molecule has 0 aromatic carbocycles. The number of hydrogen-bond donors (Lipinski definition) is 0. The van der Waals surface area contributed by atoms with Crippen LogP contribution in [0.3, 0.4) is 0 Å². The maximum Gasteiger partial charge on any atom is -0.0305 e. The van der Waals surface area contributed by atoms with Gasteiger partial charge in [0.15, 0.2) is 0 Å². The lowest BCUT2D eigenvalue weighted by molar-refractivity contribution is 0.220. The minimum absolute atomic E-state index is 0. The largest absolute Gasteiger partial charge is 0.147 e. The van der Waals surface area contributed by atoms with Crippen LogP contribution in [0, 0.1) is 5.41 Å². The Morgan fingerprint density at radius 1 is 0.588 bits per heavy atom. The van der Waals surface area contributed by atoms with Crippen LogP contribution in [0.25, 0.3) is 0 Å². The second-order valence-corrected chi connectivity index (χ2v) is 5.43. The Kier molecular flexibility index (Phi) is 14.7. The summed E-state index contributed by atoms with van der Waals surface area (Å²) in [5.41, 5.74) is 0.670. The van der Waals surface area contributed by atoms with Gasteiger partial charge in [0.2, 0.25) is 0 Å². The molecule has 0 amide bonds. The van der Waals surface area contributed by atoms with Crippen LogP contribution < -0.4 is 0 Å². The molecule has 0 N–H and O–H groups in total. The van der Waals surface area contributed by atoms with Crippen molar-refractivity contribution in [3.63, 3.8) is 0 Å². The summed E-state index contributed by atoms with van der Waals surface area (Å²) < 4.78 is 0. The van der Waals surface area contributed by atoms with E-state index in [1.807, 2.05) is 0 Å². The molecule has 0 spiro atoms. The van der Waals surface area contributed by atoms with Crippen LogP contribution in [0.2, 0.25) is 0 Å². The average Bonchev–Trinajstić information content (AvgIpc) is 2.34. The maximum absolute atomic E-state index is 2.37. The fourth-order valence-corrected chi connectivity index (χ4v) is 2.74. The van der Waals surface area contributed by atoms with Crippen molar-refractivity contribution in [2.75, 3.05) is 0 Å². The Balaban J connectivity index is 0. The predicted molar refractivity (Wildman–Crippen MR) is 83.2 cm³/mol. The standard InChI is InChI=1S/C16H34.ClH/c1-5-9-10-11-12-13-14-15-16(6-2,7-3)8-4;/h5-15H2,1-4H3;1H. The molecule has 0 aliphatic rings. The number of unbranched alkanes of at least 4 members (excludes halogenated alkanes) is 6. The first-order chi connectivity index (χ1) is 7.74. The quantitative estimate of drug-likeness (QED) is 0.361. The third kappa shape index (κ3) is 8.94. The number of rotatable bonds is 11. The summed E-state index contributed by atoms with van der Waals surface area (Å²) in [7, 11) is 0. The highest BCUT2D eigenvalue weighted by Gasteiger charge is 2.22. The van der Waals surface area contributed by atoms with Gasteiger partial charge >= 0.3 is 0 Å². The molecule has 0 nitrogen and oxygen atoms in total. The topological polar surface area (TPSA) is 0 Å². The van der Waals surface area contributed by atoms with Gasteiger partial charge in [-0.25, -0.2) is 0 Å². The van der Waals surface area contributed by atoms with Crippen LogP contribution in [0.5, 0.6) is 0 Å². The van der Waals surface area contributed by atoms with Crippen molar-refractivity contribution >= 4 is 12.4 Å². The van der Waals surface area contributed by atoms with E-state index in [1.165, 1.54) is 70.6 Å². The highest BCUT2D eigenvalue weighted by molar-refractivity contribution is 5.85. The van der Waals surface area contributed by atoms with E-state index in [0.29, 0.717) is 5.41 Å². The zero-order chi connectivity index (χ0) is 12.3. The molecule has 0 unspecified atom stereocenters. The minimum atomic E-state index is 0. The molecule has 0 heterocycles. The molecule has 0 radical (unpaired) electrons. The highest BCUT2D eigenvalue weighted by atomic mass is 35.5. The number of halogens is 1. The van der Waals surface area contributed by atoms with Gasteiger partial charge in [-0.1, -0.05) is 91.9 Å². The molecule has 0 fully saturated rings. The smallest absolute Gasteiger partial charge is 0.0305 e. The first kappa shape index (κ1) is 19.6. The molecule has 17 heavy (non-hydrogen) atoms. The molecule has 0 aromatic heterocycles. The van der Waals surface area contributed by atoms with E-state index in [0.717, 1.165) is 0 Å². The first-order valence-corrected chi connectivity index (χ1v) is 7.74. The SMILES string of the molecule is CCCCCCCCCC(CC)(CC)CC.Cl. The molecule has 106 valence electrons. The van der Waals surface area contributed by atoms with Gasteiger partial charge in [0, 0.05) is 0 Å². The molecule has 0 saturated heterocycles. The lowest BCUT2D eigenvalue weighted by Crippen LogP contribution is -2.17. The van der Waals surface area contributed by atoms with E-state index in [1.54, 1.807) is 0 Å². The zero-order valence-electron chi connectivity index (χ0n) is 12.7. The van der Waals surface area contributed by atoms with Crippen molar-refractivity contribution in [2.24, 2.45) is 5.41 Å². The van der Waals surface area contributed by atoms with Crippen LogP contribution in [-0.4, -0.2) is 0 Å². The molecule has 0 bridgehead atoms. The van der Waals surface area contributed by atoms with E-state index >= 15 is 0 Å². The van der Waals surface area contributed by atoms with Gasteiger partial charge in [-0.2, -0.15) is 0 Å². The zero-order valence-corrected chi connectivity index (χ0v) is 13.5. The van der Waals surface area contributed by atoms with Crippen molar-refractivity contribution < 1.29 is 0 Å². The minimum Gasteiger partial charge on any atom is -0.147 e. The van der Waals surface area contributed by atoms with Gasteiger partial charge in [0.05, 0.1) is 0 Å². The Morgan fingerprint density at radius 2 is 1.00 bits per heavy atom. The Labute approximate surface area is 116 Å². The second-order valence-electron chi connectivity index (χ2n) is 5.43. The van der Waals surface area contributed by atoms with Gasteiger partial charge < -0.3 is 0 Å². The molecular weight excluding hydrogens is 228 g/mol. The Hall–Kier alpha value is 0.290. The van der Waals surface area contributed by atoms with E-state index in [-0.39, 0.29) is 12.4 Å². The van der Waals surface area contributed by atoms with Crippen LogP contribution in [0.4, 0.5) is 0 Å². The van der Waals surface area contributed by atoms with E-state index in [9.17, 15) is 0 Å². The highest BCUT2D eigenvalue weighted by Crippen LogP contribution is 2.36. The third-order valence-electron chi connectivity index (χ3n) is 4.56. The molecule has 0 aliphatic heterocycles. The summed E-state index contributed by atoms with van der Waals surface area (Å²) in [4.78, 5) is 0.